The van der Waals surface area contributed by atoms with Crippen LogP contribution in [0.3, 0.4) is 0 Å². The third kappa shape index (κ3) is 6.99. The lowest BCUT2D eigenvalue weighted by molar-refractivity contribution is -0.138. The molecular weight excluding hydrogens is 244 g/mol. The van der Waals surface area contributed by atoms with Crippen molar-refractivity contribution in [2.45, 2.75) is 71.1 Å². The van der Waals surface area contributed by atoms with Crippen LogP contribution in [0.15, 0.2) is 11.3 Å². The number of hydrogen-bond acceptors (Lipinski definition) is 3. The number of esters is 1. The van der Waals surface area contributed by atoms with Crippen molar-refractivity contribution in [3.8, 4) is 0 Å². The Balaban J connectivity index is 2.26. The van der Waals surface area contributed by atoms with Crippen molar-refractivity contribution in [2.24, 2.45) is 0 Å². The summed E-state index contributed by atoms with van der Waals surface area (Å²) in [6, 6.07) is 0. The molecule has 0 aromatic rings. The molecule has 4 nitrogen and oxygen atoms in total. The molecule has 0 amide bonds. The first-order valence-corrected chi connectivity index (χ1v) is 7.20. The molecule has 0 spiro atoms. The molecule has 1 aliphatic carbocycles. The van der Waals surface area contributed by atoms with Gasteiger partial charge in [-0.25, -0.2) is 0 Å². The van der Waals surface area contributed by atoms with Gasteiger partial charge in [-0.15, -0.1) is 0 Å². The number of carbonyl (C=O) groups excluding carboxylic acids is 1. The Labute approximate surface area is 114 Å². The van der Waals surface area contributed by atoms with Crippen LogP contribution in [-0.2, 0) is 14.3 Å². The summed E-state index contributed by atoms with van der Waals surface area (Å²) in [4.78, 5) is 21.4. The summed E-state index contributed by atoms with van der Waals surface area (Å²) in [5.41, 5.74) is 1.29. The van der Waals surface area contributed by atoms with Crippen molar-refractivity contribution in [1.29, 1.82) is 0 Å². The molecule has 1 aliphatic rings. The number of rotatable bonds is 8. The van der Waals surface area contributed by atoms with Crippen LogP contribution < -0.4 is 0 Å². The van der Waals surface area contributed by atoms with Gasteiger partial charge in [0.25, 0.3) is 0 Å². The average Bonchev–Trinajstić information content (AvgIpc) is 2.34. The molecule has 0 aliphatic heterocycles. The van der Waals surface area contributed by atoms with E-state index >= 15 is 0 Å². The number of carbonyl (C=O) groups is 2. The highest BCUT2D eigenvalue weighted by molar-refractivity contribution is 5.67. The Kier molecular flexibility index (Phi) is 7.23. The molecule has 0 aromatic carbocycles. The van der Waals surface area contributed by atoms with Crippen molar-refractivity contribution >= 4 is 11.9 Å². The molecule has 1 N–H and O–H groups in total. The first kappa shape index (κ1) is 15.7. The van der Waals surface area contributed by atoms with Crippen LogP contribution in [-0.4, -0.2) is 17.0 Å². The zero-order valence-corrected chi connectivity index (χ0v) is 11.7. The second kappa shape index (κ2) is 8.73. The largest absolute Gasteiger partial charge is 0.481 e. The molecule has 108 valence electrons. The molecule has 0 fully saturated rings. The Morgan fingerprint density at radius 1 is 1.11 bits per heavy atom. The Morgan fingerprint density at radius 2 is 1.79 bits per heavy atom. The van der Waals surface area contributed by atoms with Crippen LogP contribution in [0.5, 0.6) is 0 Å². The molecular formula is C15H24O4. The number of ether oxygens (including phenoxy) is 1. The van der Waals surface area contributed by atoms with Gasteiger partial charge in [-0.1, -0.05) is 12.8 Å². The molecule has 0 atom stereocenters. The number of aliphatic carboxylic acids is 1. The van der Waals surface area contributed by atoms with Gasteiger partial charge < -0.3 is 9.84 Å². The molecule has 0 aromatic heterocycles. The summed E-state index contributed by atoms with van der Waals surface area (Å²) >= 11 is 0. The zero-order valence-electron chi connectivity index (χ0n) is 11.7. The van der Waals surface area contributed by atoms with E-state index in [0.29, 0.717) is 0 Å². The highest BCUT2D eigenvalue weighted by Gasteiger charge is 2.15. The lowest BCUT2D eigenvalue weighted by atomic mass is 9.93. The van der Waals surface area contributed by atoms with Gasteiger partial charge in [-0.2, -0.15) is 0 Å². The molecule has 0 radical (unpaired) electrons. The molecule has 19 heavy (non-hydrogen) atoms. The molecule has 0 unspecified atom stereocenters. The van der Waals surface area contributed by atoms with Crippen LogP contribution >= 0.6 is 0 Å². The van der Waals surface area contributed by atoms with Crippen molar-refractivity contribution in [2.75, 3.05) is 0 Å². The predicted molar refractivity (Wildman–Crippen MR) is 72.6 cm³/mol. The minimum absolute atomic E-state index is 0.226. The van der Waals surface area contributed by atoms with Crippen molar-refractivity contribution < 1.29 is 19.4 Å². The van der Waals surface area contributed by atoms with E-state index in [0.717, 1.165) is 57.1 Å². The van der Waals surface area contributed by atoms with Crippen LogP contribution in [0.2, 0.25) is 0 Å². The van der Waals surface area contributed by atoms with Gasteiger partial charge in [0.2, 0.25) is 0 Å². The number of unbranched alkanes of at least 4 members (excludes halogenated alkanes) is 3. The third-order valence-corrected chi connectivity index (χ3v) is 3.41. The summed E-state index contributed by atoms with van der Waals surface area (Å²) in [5, 5.41) is 8.54. The van der Waals surface area contributed by atoms with Gasteiger partial charge in [0.05, 0.1) is 0 Å². The maximum Gasteiger partial charge on any atom is 0.307 e. The highest BCUT2D eigenvalue weighted by Crippen LogP contribution is 2.29. The monoisotopic (exact) mass is 268 g/mol. The lowest BCUT2D eigenvalue weighted by Crippen LogP contribution is -2.07. The number of hydrogen-bond donors (Lipinski definition) is 1. The van der Waals surface area contributed by atoms with E-state index in [1.165, 1.54) is 18.9 Å². The maximum absolute atomic E-state index is 11.0. The van der Waals surface area contributed by atoms with Crippen LogP contribution in [0, 0.1) is 0 Å². The summed E-state index contributed by atoms with van der Waals surface area (Å²) in [5.74, 6) is -0.0488. The Hall–Kier alpha value is -1.32. The topological polar surface area (TPSA) is 63.6 Å². The van der Waals surface area contributed by atoms with Gasteiger partial charge in [-0.3, -0.25) is 9.59 Å². The van der Waals surface area contributed by atoms with E-state index in [-0.39, 0.29) is 12.4 Å². The van der Waals surface area contributed by atoms with E-state index in [9.17, 15) is 9.59 Å². The number of carboxylic acid groups (broad SMARTS) is 1. The van der Waals surface area contributed by atoms with E-state index in [4.69, 9.17) is 9.84 Å². The van der Waals surface area contributed by atoms with E-state index in [1.54, 1.807) is 0 Å². The summed E-state index contributed by atoms with van der Waals surface area (Å²) in [6.07, 6.45) is 9.27. The number of allylic oxidation sites excluding steroid dienone is 2. The van der Waals surface area contributed by atoms with Gasteiger partial charge in [-0.05, 0) is 44.1 Å². The second-order valence-electron chi connectivity index (χ2n) is 5.14. The fourth-order valence-electron chi connectivity index (χ4n) is 2.47. The molecule has 0 heterocycles. The van der Waals surface area contributed by atoms with E-state index < -0.39 is 5.97 Å². The van der Waals surface area contributed by atoms with Gasteiger partial charge in [0.1, 0.15) is 5.76 Å². The average molecular weight is 268 g/mol. The molecule has 0 bridgehead atoms. The fraction of sp³-hybridized carbons (Fsp3) is 0.733. The van der Waals surface area contributed by atoms with E-state index in [2.05, 4.69) is 0 Å². The third-order valence-electron chi connectivity index (χ3n) is 3.41. The second-order valence-corrected chi connectivity index (χ2v) is 5.14. The first-order valence-electron chi connectivity index (χ1n) is 7.20. The quantitative estimate of drug-likeness (QED) is 0.537. The van der Waals surface area contributed by atoms with Gasteiger partial charge >= 0.3 is 11.9 Å². The Bertz CT molecular complexity index is 344. The normalized spacial score (nSPS) is 15.4. The van der Waals surface area contributed by atoms with Crippen molar-refractivity contribution in [1.82, 2.24) is 0 Å². The molecule has 0 saturated heterocycles. The summed E-state index contributed by atoms with van der Waals surface area (Å²) < 4.78 is 5.28. The summed E-state index contributed by atoms with van der Waals surface area (Å²) in [7, 11) is 0. The van der Waals surface area contributed by atoms with Crippen LogP contribution in [0.25, 0.3) is 0 Å². The lowest BCUT2D eigenvalue weighted by Gasteiger charge is -2.19. The van der Waals surface area contributed by atoms with Crippen LogP contribution in [0.4, 0.5) is 0 Å². The minimum Gasteiger partial charge on any atom is -0.481 e. The first-order chi connectivity index (χ1) is 9.09. The van der Waals surface area contributed by atoms with Crippen LogP contribution in [0.1, 0.15) is 71.1 Å². The Morgan fingerprint density at radius 3 is 2.47 bits per heavy atom. The van der Waals surface area contributed by atoms with Gasteiger partial charge in [0, 0.05) is 19.8 Å². The minimum atomic E-state index is -0.716. The maximum atomic E-state index is 11.0. The molecule has 0 saturated carbocycles. The summed E-state index contributed by atoms with van der Waals surface area (Å²) in [6.45, 7) is 1.45. The fourth-order valence-corrected chi connectivity index (χ4v) is 2.47. The molecule has 4 heteroatoms. The molecule has 1 rings (SSSR count). The van der Waals surface area contributed by atoms with Gasteiger partial charge in [0.15, 0.2) is 0 Å². The smallest absolute Gasteiger partial charge is 0.307 e. The SMILES string of the molecule is CC(=O)OC1=C(CCCCCCC(=O)O)CCCC1. The standard InChI is InChI=1S/C15H24O4/c1-12(16)19-14-10-7-6-9-13(14)8-4-2-3-5-11-15(17)18/h2-11H2,1H3,(H,17,18). The predicted octanol–water partition coefficient (Wildman–Crippen LogP) is 3.80. The van der Waals surface area contributed by atoms with E-state index in [1.807, 2.05) is 0 Å². The van der Waals surface area contributed by atoms with Crippen molar-refractivity contribution in [3.05, 3.63) is 11.3 Å². The highest BCUT2D eigenvalue weighted by atomic mass is 16.5. The number of carboxylic acids is 1. The van der Waals surface area contributed by atoms with Crippen molar-refractivity contribution in [3.63, 3.8) is 0 Å². The zero-order chi connectivity index (χ0) is 14.1.